The second kappa shape index (κ2) is 7.60. The van der Waals surface area contributed by atoms with Gasteiger partial charge in [-0.3, -0.25) is 9.59 Å². The van der Waals surface area contributed by atoms with Crippen LogP contribution in [0.4, 0.5) is 0 Å². The number of nitrogens with one attached hydrogen (secondary N) is 1. The van der Waals surface area contributed by atoms with Gasteiger partial charge in [0.05, 0.1) is 10.9 Å². The van der Waals surface area contributed by atoms with Gasteiger partial charge in [0.15, 0.2) is 0 Å². The molecule has 1 saturated carbocycles. The van der Waals surface area contributed by atoms with Crippen LogP contribution in [0.1, 0.15) is 51.3 Å². The van der Waals surface area contributed by atoms with E-state index in [-0.39, 0.29) is 11.5 Å². The molecule has 5 heteroatoms. The Kier molecular flexibility index (Phi) is 5.28. The number of aromatic nitrogens is 2. The summed E-state index contributed by atoms with van der Waals surface area (Å²) in [5.74, 6) is 0.892. The van der Waals surface area contributed by atoms with E-state index in [1.54, 1.807) is 6.07 Å². The smallest absolute Gasteiger partial charge is 0.258 e. The van der Waals surface area contributed by atoms with Crippen LogP contribution in [0, 0.1) is 0 Å². The molecule has 0 spiro atoms. The lowest BCUT2D eigenvalue weighted by atomic mass is 10.1. The summed E-state index contributed by atoms with van der Waals surface area (Å²) in [4.78, 5) is 33.9. The van der Waals surface area contributed by atoms with Crippen molar-refractivity contribution in [1.82, 2.24) is 14.9 Å². The van der Waals surface area contributed by atoms with Crippen LogP contribution in [0.15, 0.2) is 29.1 Å². The van der Waals surface area contributed by atoms with Crippen LogP contribution >= 0.6 is 0 Å². The van der Waals surface area contributed by atoms with Crippen molar-refractivity contribution >= 4 is 16.8 Å². The van der Waals surface area contributed by atoms with Crippen molar-refractivity contribution in [2.45, 2.75) is 57.9 Å². The lowest BCUT2D eigenvalue weighted by Crippen LogP contribution is -2.38. The summed E-state index contributed by atoms with van der Waals surface area (Å²) in [6, 6.07) is 7.76. The molecule has 24 heavy (non-hydrogen) atoms. The van der Waals surface area contributed by atoms with Crippen molar-refractivity contribution in [3.8, 4) is 0 Å². The largest absolute Gasteiger partial charge is 0.340 e. The van der Waals surface area contributed by atoms with E-state index in [1.165, 1.54) is 12.8 Å². The first-order valence-corrected chi connectivity index (χ1v) is 8.96. The number of aromatic amines is 1. The number of carbonyl (C=O) groups excluding carboxylic acids is 1. The maximum absolute atomic E-state index is 12.5. The number of nitrogens with zero attached hydrogens (tertiary/aromatic N) is 2. The molecule has 1 aliphatic carbocycles. The predicted octanol–water partition coefficient (Wildman–Crippen LogP) is 3.04. The molecule has 1 N–H and O–H groups in total. The highest BCUT2D eigenvalue weighted by molar-refractivity contribution is 5.77. The molecule has 2 aromatic rings. The number of hydrogen-bond donors (Lipinski definition) is 1. The number of para-hydroxylation sites is 1. The summed E-state index contributed by atoms with van der Waals surface area (Å²) in [5, 5.41) is 0.607. The molecule has 1 fully saturated rings. The van der Waals surface area contributed by atoms with Gasteiger partial charge >= 0.3 is 0 Å². The fourth-order valence-corrected chi connectivity index (χ4v) is 3.66. The van der Waals surface area contributed by atoms with E-state index in [0.29, 0.717) is 42.0 Å². The lowest BCUT2D eigenvalue weighted by molar-refractivity contribution is -0.133. The van der Waals surface area contributed by atoms with Gasteiger partial charge in [0.2, 0.25) is 5.91 Å². The molecular weight excluding hydrogens is 302 g/mol. The maximum Gasteiger partial charge on any atom is 0.258 e. The summed E-state index contributed by atoms with van der Waals surface area (Å²) >= 11 is 0. The van der Waals surface area contributed by atoms with Crippen molar-refractivity contribution in [3.63, 3.8) is 0 Å². The molecule has 1 aromatic carbocycles. The fourth-order valence-electron chi connectivity index (χ4n) is 3.66. The highest BCUT2D eigenvalue weighted by Crippen LogP contribution is 2.24. The quantitative estimate of drug-likeness (QED) is 0.887. The van der Waals surface area contributed by atoms with E-state index in [2.05, 4.69) is 16.9 Å². The number of hydrogen-bond acceptors (Lipinski definition) is 3. The molecule has 0 saturated heterocycles. The third-order valence-corrected chi connectivity index (χ3v) is 4.89. The first-order chi connectivity index (χ1) is 11.7. The second-order valence-corrected chi connectivity index (χ2v) is 6.50. The van der Waals surface area contributed by atoms with Gasteiger partial charge in [0.1, 0.15) is 5.82 Å². The zero-order valence-corrected chi connectivity index (χ0v) is 14.3. The molecule has 1 aromatic heterocycles. The van der Waals surface area contributed by atoms with Crippen LogP contribution in [-0.4, -0.2) is 33.4 Å². The molecule has 5 nitrogen and oxygen atoms in total. The molecule has 0 atom stereocenters. The van der Waals surface area contributed by atoms with Gasteiger partial charge in [0, 0.05) is 25.4 Å². The number of aryl methyl sites for hydroxylation is 1. The van der Waals surface area contributed by atoms with E-state index in [9.17, 15) is 9.59 Å². The minimum absolute atomic E-state index is 0.108. The topological polar surface area (TPSA) is 66.1 Å². The van der Waals surface area contributed by atoms with Crippen LogP contribution in [0.5, 0.6) is 0 Å². The first-order valence-electron chi connectivity index (χ1n) is 8.96. The van der Waals surface area contributed by atoms with E-state index < -0.39 is 0 Å². The van der Waals surface area contributed by atoms with E-state index in [0.717, 1.165) is 19.4 Å². The summed E-state index contributed by atoms with van der Waals surface area (Å²) in [5.41, 5.74) is 0.604. The monoisotopic (exact) mass is 327 g/mol. The molecule has 0 bridgehead atoms. The summed E-state index contributed by atoms with van der Waals surface area (Å²) in [7, 11) is 0. The summed E-state index contributed by atoms with van der Waals surface area (Å²) < 4.78 is 0. The number of fused-ring (bicyclic) bond motifs is 1. The Hall–Kier alpha value is -2.17. The SMILES string of the molecule is CCN(C(=O)CCCc1nc2ccccc2c(=O)[nH]1)C1CCCC1. The Morgan fingerprint density at radius 3 is 2.79 bits per heavy atom. The number of H-pyrrole nitrogens is 1. The predicted molar refractivity (Wildman–Crippen MR) is 94.9 cm³/mol. The van der Waals surface area contributed by atoms with Crippen molar-refractivity contribution < 1.29 is 4.79 Å². The van der Waals surface area contributed by atoms with Crippen LogP contribution < -0.4 is 5.56 Å². The molecule has 1 aliphatic rings. The third-order valence-electron chi connectivity index (χ3n) is 4.89. The van der Waals surface area contributed by atoms with Crippen LogP contribution in [0.25, 0.3) is 10.9 Å². The molecular formula is C19H25N3O2. The van der Waals surface area contributed by atoms with Gasteiger partial charge in [-0.2, -0.15) is 0 Å². The van der Waals surface area contributed by atoms with E-state index in [4.69, 9.17) is 0 Å². The van der Waals surface area contributed by atoms with E-state index >= 15 is 0 Å². The molecule has 0 radical (unpaired) electrons. The average Bonchev–Trinajstić information content (AvgIpc) is 3.10. The second-order valence-electron chi connectivity index (χ2n) is 6.50. The molecule has 1 amide bonds. The molecule has 0 unspecified atom stereocenters. The zero-order valence-electron chi connectivity index (χ0n) is 14.3. The minimum atomic E-state index is -0.108. The van der Waals surface area contributed by atoms with Crippen molar-refractivity contribution in [2.75, 3.05) is 6.54 Å². The highest BCUT2D eigenvalue weighted by Gasteiger charge is 2.24. The van der Waals surface area contributed by atoms with Gasteiger partial charge in [-0.05, 0) is 38.3 Å². The van der Waals surface area contributed by atoms with Gasteiger partial charge in [-0.25, -0.2) is 4.98 Å². The first kappa shape index (κ1) is 16.7. The van der Waals surface area contributed by atoms with Crippen molar-refractivity contribution in [1.29, 1.82) is 0 Å². The van der Waals surface area contributed by atoms with Crippen LogP contribution in [0.2, 0.25) is 0 Å². The standard InChI is InChI=1S/C19H25N3O2/c1-2-22(14-8-3-4-9-14)18(23)13-7-12-17-20-16-11-6-5-10-15(16)19(24)21-17/h5-6,10-11,14H,2-4,7-9,12-13H2,1H3,(H,20,21,24). The number of benzene rings is 1. The Morgan fingerprint density at radius 2 is 2.04 bits per heavy atom. The van der Waals surface area contributed by atoms with Gasteiger partial charge in [0.25, 0.3) is 5.56 Å². The number of rotatable bonds is 6. The zero-order chi connectivity index (χ0) is 16.9. The normalized spacial score (nSPS) is 15.0. The number of carbonyl (C=O) groups is 1. The van der Waals surface area contributed by atoms with E-state index in [1.807, 2.05) is 23.1 Å². The highest BCUT2D eigenvalue weighted by atomic mass is 16.2. The molecule has 128 valence electrons. The van der Waals surface area contributed by atoms with Gasteiger partial charge in [-0.15, -0.1) is 0 Å². The van der Waals surface area contributed by atoms with Gasteiger partial charge in [-0.1, -0.05) is 25.0 Å². The summed E-state index contributed by atoms with van der Waals surface area (Å²) in [6.45, 7) is 2.84. The van der Waals surface area contributed by atoms with Gasteiger partial charge < -0.3 is 9.88 Å². The lowest BCUT2D eigenvalue weighted by Gasteiger charge is -2.27. The average molecular weight is 327 g/mol. The minimum Gasteiger partial charge on any atom is -0.340 e. The Bertz CT molecular complexity index is 763. The van der Waals surface area contributed by atoms with Crippen LogP contribution in [-0.2, 0) is 11.2 Å². The Labute approximate surface area is 142 Å². The molecule has 1 heterocycles. The van der Waals surface area contributed by atoms with Crippen molar-refractivity contribution in [3.05, 3.63) is 40.4 Å². The molecule has 0 aliphatic heterocycles. The Balaban J connectivity index is 1.59. The van der Waals surface area contributed by atoms with Crippen molar-refractivity contribution in [2.24, 2.45) is 0 Å². The summed E-state index contributed by atoms with van der Waals surface area (Å²) in [6.07, 6.45) is 6.59. The fraction of sp³-hybridized carbons (Fsp3) is 0.526. The maximum atomic E-state index is 12.5. The Morgan fingerprint density at radius 1 is 1.29 bits per heavy atom. The molecule has 3 rings (SSSR count). The van der Waals surface area contributed by atoms with Crippen LogP contribution in [0.3, 0.4) is 0 Å². The number of amides is 1. The third kappa shape index (κ3) is 3.66.